The van der Waals surface area contributed by atoms with Crippen LogP contribution in [0.2, 0.25) is 0 Å². The fraction of sp³-hybridized carbons (Fsp3) is 0.450. The van der Waals surface area contributed by atoms with Gasteiger partial charge in [0.2, 0.25) is 12.3 Å². The Balaban J connectivity index is 2.50. The number of aryl methyl sites for hydroxylation is 1. The number of hydrogen-bond donors (Lipinski definition) is 2. The molecule has 0 aliphatic heterocycles. The lowest BCUT2D eigenvalue weighted by atomic mass is 10.2. The lowest BCUT2D eigenvalue weighted by Gasteiger charge is -2.21. The average molecular weight is 519 g/mol. The topological polar surface area (TPSA) is 134 Å². The molecule has 2 aromatic rings. The van der Waals surface area contributed by atoms with Crippen molar-refractivity contribution in [1.82, 2.24) is 19.7 Å². The molecule has 0 spiro atoms. The SMILES string of the molecule is CCN(C=O)/C(CO)=N\N(C)c1nc(OCC(F)(F)F)c(C(=O)Nc2cn(C)nc2COC)cc1F. The number of aliphatic hydroxyl groups excluding tert-OH is 1. The highest BCUT2D eigenvalue weighted by molar-refractivity contribution is 6.06. The molecule has 0 aliphatic carbocycles. The van der Waals surface area contributed by atoms with Crippen molar-refractivity contribution in [2.45, 2.75) is 19.7 Å². The van der Waals surface area contributed by atoms with E-state index in [4.69, 9.17) is 9.47 Å². The Morgan fingerprint density at radius 2 is 2.08 bits per heavy atom. The number of methoxy groups -OCH3 is 1. The Morgan fingerprint density at radius 1 is 1.39 bits per heavy atom. The summed E-state index contributed by atoms with van der Waals surface area (Å²) in [5.74, 6) is -3.79. The second-order valence-corrected chi connectivity index (χ2v) is 7.19. The van der Waals surface area contributed by atoms with Crippen molar-refractivity contribution < 1.29 is 41.7 Å². The Bertz CT molecular complexity index is 1110. The fourth-order valence-corrected chi connectivity index (χ4v) is 2.90. The molecule has 0 bridgehead atoms. The normalized spacial score (nSPS) is 11.9. The van der Waals surface area contributed by atoms with E-state index in [2.05, 4.69) is 20.5 Å². The maximum Gasteiger partial charge on any atom is 0.422 e. The minimum absolute atomic E-state index is 0.0188. The molecule has 2 heterocycles. The van der Waals surface area contributed by atoms with Gasteiger partial charge in [-0.1, -0.05) is 0 Å². The van der Waals surface area contributed by atoms with Gasteiger partial charge in [0, 0.05) is 33.9 Å². The summed E-state index contributed by atoms with van der Waals surface area (Å²) < 4.78 is 64.5. The van der Waals surface area contributed by atoms with Crippen molar-refractivity contribution >= 4 is 29.7 Å². The largest absolute Gasteiger partial charge is 0.467 e. The minimum Gasteiger partial charge on any atom is -0.467 e. The van der Waals surface area contributed by atoms with Gasteiger partial charge in [0.15, 0.2) is 24.1 Å². The number of pyridine rings is 1. The number of nitrogens with zero attached hydrogens (tertiary/aromatic N) is 6. The lowest BCUT2D eigenvalue weighted by molar-refractivity contribution is -0.154. The van der Waals surface area contributed by atoms with Gasteiger partial charge >= 0.3 is 6.18 Å². The van der Waals surface area contributed by atoms with Crippen LogP contribution in [0.5, 0.6) is 5.88 Å². The summed E-state index contributed by atoms with van der Waals surface area (Å²) in [5.41, 5.74) is -0.133. The number of aromatic nitrogens is 3. The Labute approximate surface area is 203 Å². The first-order chi connectivity index (χ1) is 16.9. The first kappa shape index (κ1) is 28.4. The molecule has 2 amide bonds. The molecular formula is C20H25F4N7O5. The van der Waals surface area contributed by atoms with Crippen LogP contribution in [0.1, 0.15) is 23.0 Å². The monoisotopic (exact) mass is 519 g/mol. The van der Waals surface area contributed by atoms with Gasteiger partial charge in [-0.05, 0) is 13.0 Å². The first-order valence-corrected chi connectivity index (χ1v) is 10.3. The standard InChI is InChI=1S/C20H25F4N7O5/c1-5-31(11-33)16(8-32)28-30(3)17-13(21)6-12(19(26-17)36-10-20(22,23)24)18(34)25-14-7-29(2)27-15(14)9-35-4/h6-7,11,32H,5,8-10H2,1-4H3,(H,25,34)/b28-16-. The van der Waals surface area contributed by atoms with Crippen LogP contribution in [-0.2, 0) is 23.2 Å². The van der Waals surface area contributed by atoms with Gasteiger partial charge in [0.25, 0.3) is 5.91 Å². The van der Waals surface area contributed by atoms with Gasteiger partial charge in [0.1, 0.15) is 17.9 Å². The average Bonchev–Trinajstić information content (AvgIpc) is 3.15. The number of carbonyl (C=O) groups is 2. The Morgan fingerprint density at radius 3 is 2.64 bits per heavy atom. The highest BCUT2D eigenvalue weighted by Crippen LogP contribution is 2.28. The Hall–Kier alpha value is -3.79. The second-order valence-electron chi connectivity index (χ2n) is 7.19. The van der Waals surface area contributed by atoms with E-state index in [0.717, 1.165) is 9.91 Å². The van der Waals surface area contributed by atoms with E-state index >= 15 is 0 Å². The highest BCUT2D eigenvalue weighted by atomic mass is 19.4. The molecule has 16 heteroatoms. The van der Waals surface area contributed by atoms with Crippen LogP contribution in [0.3, 0.4) is 0 Å². The molecule has 198 valence electrons. The molecule has 2 N–H and O–H groups in total. The molecule has 2 aromatic heterocycles. The first-order valence-electron chi connectivity index (χ1n) is 10.3. The zero-order valence-electron chi connectivity index (χ0n) is 19.8. The van der Waals surface area contributed by atoms with E-state index in [0.29, 0.717) is 18.2 Å². The van der Waals surface area contributed by atoms with Crippen LogP contribution in [0.15, 0.2) is 17.4 Å². The zero-order valence-corrected chi connectivity index (χ0v) is 19.8. The number of ether oxygens (including phenoxy) is 2. The van der Waals surface area contributed by atoms with E-state index in [-0.39, 0.29) is 24.7 Å². The number of likely N-dealkylation sites (N-methyl/N-ethyl adjacent to an activating group) is 1. The van der Waals surface area contributed by atoms with Crippen LogP contribution in [0.4, 0.5) is 29.1 Å². The van der Waals surface area contributed by atoms with E-state index < -0.39 is 48.4 Å². The molecule has 0 unspecified atom stereocenters. The smallest absolute Gasteiger partial charge is 0.422 e. The van der Waals surface area contributed by atoms with Crippen molar-refractivity contribution in [3.05, 3.63) is 29.3 Å². The molecule has 0 aromatic carbocycles. The number of amidine groups is 1. The molecule has 0 saturated heterocycles. The number of hydrazone groups is 1. The van der Waals surface area contributed by atoms with Gasteiger partial charge < -0.3 is 19.9 Å². The van der Waals surface area contributed by atoms with Crippen LogP contribution < -0.4 is 15.1 Å². The number of alkyl halides is 3. The predicted octanol–water partition coefficient (Wildman–Crippen LogP) is 1.51. The highest BCUT2D eigenvalue weighted by Gasteiger charge is 2.31. The molecule has 0 radical (unpaired) electrons. The van der Waals surface area contributed by atoms with E-state index in [1.54, 1.807) is 14.0 Å². The van der Waals surface area contributed by atoms with Gasteiger partial charge in [-0.2, -0.15) is 28.4 Å². The second kappa shape index (κ2) is 12.3. The molecule has 0 aliphatic rings. The van der Waals surface area contributed by atoms with Crippen molar-refractivity contribution in [3.8, 4) is 5.88 Å². The number of aliphatic hydroxyl groups is 1. The third-order valence-corrected chi connectivity index (χ3v) is 4.49. The summed E-state index contributed by atoms with van der Waals surface area (Å²) >= 11 is 0. The van der Waals surface area contributed by atoms with Crippen molar-refractivity contribution in [1.29, 1.82) is 0 Å². The van der Waals surface area contributed by atoms with Crippen LogP contribution in [0.25, 0.3) is 0 Å². The molecule has 36 heavy (non-hydrogen) atoms. The van der Waals surface area contributed by atoms with Gasteiger partial charge in [-0.25, -0.2) is 9.40 Å². The quantitative estimate of drug-likeness (QED) is 0.150. The van der Waals surface area contributed by atoms with Crippen molar-refractivity contribution in [2.75, 3.05) is 44.2 Å². The molecule has 12 nitrogen and oxygen atoms in total. The van der Waals surface area contributed by atoms with Crippen LogP contribution in [0, 0.1) is 5.82 Å². The predicted molar refractivity (Wildman–Crippen MR) is 119 cm³/mol. The molecule has 0 saturated carbocycles. The lowest BCUT2D eigenvalue weighted by Crippen LogP contribution is -2.34. The van der Waals surface area contributed by atoms with Crippen molar-refractivity contribution in [2.24, 2.45) is 12.1 Å². The maximum absolute atomic E-state index is 15.0. The van der Waals surface area contributed by atoms with Gasteiger partial charge in [-0.3, -0.25) is 19.2 Å². The van der Waals surface area contributed by atoms with Crippen LogP contribution >= 0.6 is 0 Å². The number of nitrogens with one attached hydrogen (secondary N) is 1. The van der Waals surface area contributed by atoms with Crippen LogP contribution in [-0.4, -0.2) is 83.0 Å². The zero-order chi connectivity index (χ0) is 27.0. The summed E-state index contributed by atoms with van der Waals surface area (Å²) in [7, 11) is 4.15. The number of hydrogen-bond acceptors (Lipinski definition) is 9. The van der Waals surface area contributed by atoms with Gasteiger partial charge in [0.05, 0.1) is 12.3 Å². The molecule has 0 fully saturated rings. The van der Waals surface area contributed by atoms with Gasteiger partial charge in [-0.15, -0.1) is 0 Å². The number of anilines is 2. The Kier molecular flexibility index (Phi) is 9.68. The minimum atomic E-state index is -4.78. The third kappa shape index (κ3) is 7.35. The van der Waals surface area contributed by atoms with E-state index in [1.807, 2.05) is 0 Å². The number of amides is 2. The summed E-state index contributed by atoms with van der Waals surface area (Å²) in [5, 5.41) is 20.7. The summed E-state index contributed by atoms with van der Waals surface area (Å²) in [6, 6.07) is 0.637. The summed E-state index contributed by atoms with van der Waals surface area (Å²) in [6.45, 7) is -0.770. The summed E-state index contributed by atoms with van der Waals surface area (Å²) in [6.07, 6.45) is -2.97. The third-order valence-electron chi connectivity index (χ3n) is 4.49. The van der Waals surface area contributed by atoms with Crippen molar-refractivity contribution in [3.63, 3.8) is 0 Å². The molecule has 2 rings (SSSR count). The number of rotatable bonds is 11. The molecule has 0 atom stereocenters. The van der Waals surface area contributed by atoms with E-state index in [9.17, 15) is 32.3 Å². The fourth-order valence-electron chi connectivity index (χ4n) is 2.90. The number of halogens is 4. The number of carbonyl (C=O) groups excluding carboxylic acids is 2. The maximum atomic E-state index is 15.0. The summed E-state index contributed by atoms with van der Waals surface area (Å²) in [4.78, 5) is 28.7. The van der Waals surface area contributed by atoms with E-state index in [1.165, 1.54) is 25.0 Å². The molecular weight excluding hydrogens is 494 g/mol.